The smallest absolute Gasteiger partial charge is 0.220 e. The lowest BCUT2D eigenvalue weighted by molar-refractivity contribution is -0.121. The van der Waals surface area contributed by atoms with Crippen LogP contribution >= 0.6 is 0 Å². The van der Waals surface area contributed by atoms with Gasteiger partial charge in [0.2, 0.25) is 5.91 Å². The largest absolute Gasteiger partial charge is 0.390 e. The summed E-state index contributed by atoms with van der Waals surface area (Å²) in [7, 11) is 0. The molecule has 1 fully saturated rings. The standard InChI is InChI=1S/C12H19N3O4/c13-10(17)5-9(16)12(18)8-6-14-15(7-8)11-3-1-2-4-19-11/h6-7,9,11-12,16,18H,1-5H2,(H2,13,17)/t9?,11-,12?/m0/s1. The van der Waals surface area contributed by atoms with Crippen molar-refractivity contribution in [2.45, 2.75) is 44.1 Å². The molecule has 1 aliphatic heterocycles. The summed E-state index contributed by atoms with van der Waals surface area (Å²) in [6.07, 6.45) is 3.29. The molecule has 0 aromatic carbocycles. The quantitative estimate of drug-likeness (QED) is 0.688. The van der Waals surface area contributed by atoms with E-state index < -0.39 is 18.1 Å². The molecule has 2 heterocycles. The number of hydrogen-bond acceptors (Lipinski definition) is 5. The van der Waals surface area contributed by atoms with Crippen molar-refractivity contribution in [1.82, 2.24) is 9.78 Å². The molecule has 19 heavy (non-hydrogen) atoms. The molecule has 1 amide bonds. The van der Waals surface area contributed by atoms with Crippen molar-refractivity contribution in [3.8, 4) is 0 Å². The van der Waals surface area contributed by atoms with Gasteiger partial charge in [0.25, 0.3) is 0 Å². The van der Waals surface area contributed by atoms with Gasteiger partial charge in [-0.1, -0.05) is 0 Å². The number of hydrogen-bond donors (Lipinski definition) is 3. The molecule has 0 aliphatic carbocycles. The molecule has 2 unspecified atom stereocenters. The Bertz CT molecular complexity index is 428. The highest BCUT2D eigenvalue weighted by molar-refractivity contribution is 5.74. The highest BCUT2D eigenvalue weighted by atomic mass is 16.5. The molecule has 2 rings (SSSR count). The third-order valence-corrected chi connectivity index (χ3v) is 3.19. The van der Waals surface area contributed by atoms with E-state index in [-0.39, 0.29) is 12.6 Å². The molecule has 0 bridgehead atoms. The molecule has 0 spiro atoms. The fourth-order valence-corrected chi connectivity index (χ4v) is 2.14. The average Bonchev–Trinajstić information content (AvgIpc) is 2.87. The zero-order valence-electron chi connectivity index (χ0n) is 10.6. The number of carbonyl (C=O) groups excluding carboxylic acids is 1. The molecule has 7 nitrogen and oxygen atoms in total. The summed E-state index contributed by atoms with van der Waals surface area (Å²) < 4.78 is 7.20. The lowest BCUT2D eigenvalue weighted by Gasteiger charge is -2.22. The summed E-state index contributed by atoms with van der Waals surface area (Å²) in [5.74, 6) is -0.658. The Hall–Kier alpha value is -1.44. The van der Waals surface area contributed by atoms with Crippen LogP contribution < -0.4 is 5.73 Å². The van der Waals surface area contributed by atoms with Crippen molar-refractivity contribution in [2.75, 3.05) is 6.61 Å². The van der Waals surface area contributed by atoms with Crippen molar-refractivity contribution in [1.29, 1.82) is 0 Å². The molecule has 1 aromatic rings. The summed E-state index contributed by atoms with van der Waals surface area (Å²) >= 11 is 0. The monoisotopic (exact) mass is 269 g/mol. The number of rotatable bonds is 5. The normalized spacial score (nSPS) is 22.9. The maximum atomic E-state index is 10.7. The summed E-state index contributed by atoms with van der Waals surface area (Å²) in [6.45, 7) is 0.701. The Morgan fingerprint density at radius 2 is 2.37 bits per heavy atom. The molecule has 3 atom stereocenters. The fraction of sp³-hybridized carbons (Fsp3) is 0.667. The molecule has 4 N–H and O–H groups in total. The lowest BCUT2D eigenvalue weighted by Crippen LogP contribution is -2.25. The second kappa shape index (κ2) is 6.14. The van der Waals surface area contributed by atoms with Gasteiger partial charge in [0.05, 0.1) is 18.7 Å². The number of nitrogens with zero attached hydrogens (tertiary/aromatic N) is 2. The Kier molecular flexibility index (Phi) is 4.52. The number of ether oxygens (including phenoxy) is 1. The van der Waals surface area contributed by atoms with Gasteiger partial charge in [-0.3, -0.25) is 4.79 Å². The molecule has 0 radical (unpaired) electrons. The number of amides is 1. The summed E-state index contributed by atoms with van der Waals surface area (Å²) in [5, 5.41) is 23.7. The van der Waals surface area contributed by atoms with Crippen LogP contribution in [0.25, 0.3) is 0 Å². The van der Waals surface area contributed by atoms with E-state index in [1.807, 2.05) is 0 Å². The number of aliphatic hydroxyl groups excluding tert-OH is 2. The summed E-state index contributed by atoms with van der Waals surface area (Å²) in [6, 6.07) is 0. The third kappa shape index (κ3) is 3.52. The van der Waals surface area contributed by atoms with E-state index in [0.717, 1.165) is 19.3 Å². The molecule has 1 aromatic heterocycles. The topological polar surface area (TPSA) is 111 Å². The van der Waals surface area contributed by atoms with Crippen molar-refractivity contribution in [3.05, 3.63) is 18.0 Å². The maximum Gasteiger partial charge on any atom is 0.220 e. The predicted octanol–water partition coefficient (Wildman–Crippen LogP) is -0.148. The van der Waals surface area contributed by atoms with Gasteiger partial charge >= 0.3 is 0 Å². The van der Waals surface area contributed by atoms with E-state index in [0.29, 0.717) is 12.2 Å². The first-order chi connectivity index (χ1) is 9.08. The highest BCUT2D eigenvalue weighted by Gasteiger charge is 2.23. The average molecular weight is 269 g/mol. The SMILES string of the molecule is NC(=O)CC(O)C(O)c1cnn([C@@H]2CCCCO2)c1. The lowest BCUT2D eigenvalue weighted by atomic mass is 10.1. The van der Waals surface area contributed by atoms with Crippen LogP contribution in [0.2, 0.25) is 0 Å². The van der Waals surface area contributed by atoms with E-state index in [1.54, 1.807) is 10.9 Å². The van der Waals surface area contributed by atoms with Gasteiger partial charge in [-0.15, -0.1) is 0 Å². The number of carbonyl (C=O) groups is 1. The van der Waals surface area contributed by atoms with Crippen LogP contribution in [-0.2, 0) is 9.53 Å². The Balaban J connectivity index is 2.01. The first-order valence-electron chi connectivity index (χ1n) is 6.38. The van der Waals surface area contributed by atoms with E-state index in [2.05, 4.69) is 5.10 Å². The van der Waals surface area contributed by atoms with Gasteiger partial charge in [-0.2, -0.15) is 5.10 Å². The van der Waals surface area contributed by atoms with Crippen LogP contribution in [0.3, 0.4) is 0 Å². The Morgan fingerprint density at radius 3 is 3.00 bits per heavy atom. The first-order valence-corrected chi connectivity index (χ1v) is 6.38. The van der Waals surface area contributed by atoms with Gasteiger partial charge in [0.1, 0.15) is 12.3 Å². The van der Waals surface area contributed by atoms with Crippen molar-refractivity contribution in [3.63, 3.8) is 0 Å². The van der Waals surface area contributed by atoms with E-state index in [1.165, 1.54) is 6.20 Å². The summed E-state index contributed by atoms with van der Waals surface area (Å²) in [5.41, 5.74) is 5.43. The minimum atomic E-state index is -1.22. The first kappa shape index (κ1) is 14.0. The van der Waals surface area contributed by atoms with Crippen LogP contribution in [0.4, 0.5) is 0 Å². The second-order valence-electron chi connectivity index (χ2n) is 4.76. The number of aromatic nitrogens is 2. The van der Waals surface area contributed by atoms with E-state index in [9.17, 15) is 15.0 Å². The van der Waals surface area contributed by atoms with Gasteiger partial charge < -0.3 is 20.7 Å². The minimum Gasteiger partial charge on any atom is -0.390 e. The van der Waals surface area contributed by atoms with Gasteiger partial charge in [0.15, 0.2) is 0 Å². The minimum absolute atomic E-state index is 0.122. The van der Waals surface area contributed by atoms with E-state index >= 15 is 0 Å². The highest BCUT2D eigenvalue weighted by Crippen LogP contribution is 2.24. The fourth-order valence-electron chi connectivity index (χ4n) is 2.14. The van der Waals surface area contributed by atoms with Gasteiger partial charge in [-0.25, -0.2) is 4.68 Å². The third-order valence-electron chi connectivity index (χ3n) is 3.19. The van der Waals surface area contributed by atoms with Crippen LogP contribution in [0, 0.1) is 0 Å². The Labute approximate surface area is 111 Å². The molecule has 106 valence electrons. The van der Waals surface area contributed by atoms with Crippen LogP contribution in [0.15, 0.2) is 12.4 Å². The molecule has 0 saturated carbocycles. The van der Waals surface area contributed by atoms with Crippen LogP contribution in [0.1, 0.15) is 43.6 Å². The zero-order chi connectivity index (χ0) is 13.8. The van der Waals surface area contributed by atoms with Gasteiger partial charge in [0, 0.05) is 18.4 Å². The van der Waals surface area contributed by atoms with Crippen molar-refractivity contribution in [2.24, 2.45) is 5.73 Å². The zero-order valence-corrected chi connectivity index (χ0v) is 10.6. The second-order valence-corrected chi connectivity index (χ2v) is 4.76. The molecule has 1 saturated heterocycles. The predicted molar refractivity (Wildman–Crippen MR) is 65.8 cm³/mol. The molecular weight excluding hydrogens is 250 g/mol. The summed E-state index contributed by atoms with van der Waals surface area (Å²) in [4.78, 5) is 10.7. The van der Waals surface area contributed by atoms with E-state index in [4.69, 9.17) is 10.5 Å². The van der Waals surface area contributed by atoms with Crippen LogP contribution in [-0.4, -0.2) is 38.6 Å². The van der Waals surface area contributed by atoms with Gasteiger partial charge in [-0.05, 0) is 19.3 Å². The number of primary amides is 1. The van der Waals surface area contributed by atoms with Crippen LogP contribution in [0.5, 0.6) is 0 Å². The molecule has 7 heteroatoms. The van der Waals surface area contributed by atoms with Crippen molar-refractivity contribution < 1.29 is 19.7 Å². The maximum absolute atomic E-state index is 10.7. The number of nitrogens with two attached hydrogens (primary N) is 1. The Morgan fingerprint density at radius 1 is 1.58 bits per heavy atom. The molecular formula is C12H19N3O4. The molecule has 1 aliphatic rings. The van der Waals surface area contributed by atoms with Crippen molar-refractivity contribution >= 4 is 5.91 Å². The number of aliphatic hydroxyl groups is 2.